The molecule has 0 fully saturated rings. The standard InChI is InChI=1S/2C3H7.C2H5.Sn/c2*1-3-2;1-2;/h2*1,3H2,2H3;1H2,2H3;/q;;;+1. The predicted octanol–water partition coefficient (Wildman–Crippen LogP) is 3.32. The van der Waals surface area contributed by atoms with Gasteiger partial charge in [0.05, 0.1) is 0 Å². The first kappa shape index (κ1) is 9.80. The van der Waals surface area contributed by atoms with Gasteiger partial charge in [-0.05, 0) is 0 Å². The average molecular weight is 234 g/mol. The summed E-state index contributed by atoms with van der Waals surface area (Å²) in [6, 6.07) is 0. The van der Waals surface area contributed by atoms with Crippen LogP contribution in [-0.4, -0.2) is 19.8 Å². The molecule has 0 N–H and O–H groups in total. The van der Waals surface area contributed by atoms with Crippen LogP contribution in [0.15, 0.2) is 0 Å². The van der Waals surface area contributed by atoms with E-state index in [4.69, 9.17) is 0 Å². The van der Waals surface area contributed by atoms with Crippen molar-refractivity contribution in [2.45, 2.75) is 46.9 Å². The quantitative estimate of drug-likeness (QED) is 0.640. The fourth-order valence-corrected chi connectivity index (χ4v) is 7.95. The molecule has 0 aromatic carbocycles. The molecular formula is C8H19Sn+. The van der Waals surface area contributed by atoms with E-state index >= 15 is 0 Å². The zero-order valence-corrected chi connectivity index (χ0v) is 9.89. The molecule has 0 saturated carbocycles. The van der Waals surface area contributed by atoms with Crippen LogP contribution in [0.4, 0.5) is 0 Å². The van der Waals surface area contributed by atoms with Crippen molar-refractivity contribution < 1.29 is 0 Å². The molecule has 0 amide bonds. The van der Waals surface area contributed by atoms with Gasteiger partial charge in [-0.3, -0.25) is 0 Å². The van der Waals surface area contributed by atoms with Crippen molar-refractivity contribution in [3.05, 3.63) is 0 Å². The Labute approximate surface area is 66.8 Å². The van der Waals surface area contributed by atoms with Crippen molar-refractivity contribution in [1.29, 1.82) is 0 Å². The van der Waals surface area contributed by atoms with E-state index in [2.05, 4.69) is 20.8 Å². The van der Waals surface area contributed by atoms with Crippen molar-refractivity contribution in [2.24, 2.45) is 0 Å². The summed E-state index contributed by atoms with van der Waals surface area (Å²) in [7, 11) is 0. The number of hydrogen-bond donors (Lipinski definition) is 0. The summed E-state index contributed by atoms with van der Waals surface area (Å²) in [5.41, 5.74) is 0. The molecule has 0 atom stereocenters. The van der Waals surface area contributed by atoms with Crippen molar-refractivity contribution in [2.75, 3.05) is 0 Å². The Hall–Kier alpha value is 0.799. The minimum absolute atomic E-state index is 0.723. The van der Waals surface area contributed by atoms with Gasteiger partial charge in [0, 0.05) is 0 Å². The Balaban J connectivity index is 3.18. The zero-order valence-electron chi connectivity index (χ0n) is 7.04. The normalized spacial score (nSPS) is 9.67. The maximum absolute atomic E-state index is 2.39. The molecule has 0 aliphatic carbocycles. The Morgan fingerprint density at radius 1 is 0.889 bits per heavy atom. The van der Waals surface area contributed by atoms with Gasteiger partial charge in [0.2, 0.25) is 0 Å². The number of rotatable bonds is 5. The molecule has 0 aromatic heterocycles. The first-order valence-corrected chi connectivity index (χ1v) is 10.2. The topological polar surface area (TPSA) is 0 Å². The predicted molar refractivity (Wildman–Crippen MR) is 46.4 cm³/mol. The van der Waals surface area contributed by atoms with E-state index in [0.29, 0.717) is 0 Å². The maximum atomic E-state index is 2.39. The van der Waals surface area contributed by atoms with E-state index in [0.717, 1.165) is 0 Å². The van der Waals surface area contributed by atoms with Crippen molar-refractivity contribution in [3.8, 4) is 0 Å². The Bertz CT molecular complexity index is 46.5. The van der Waals surface area contributed by atoms with Gasteiger partial charge >= 0.3 is 66.7 Å². The first-order chi connectivity index (χ1) is 4.35. The molecule has 0 spiro atoms. The van der Waals surface area contributed by atoms with Crippen LogP contribution < -0.4 is 0 Å². The fourth-order valence-electron chi connectivity index (χ4n) is 1.19. The molecule has 0 aliphatic rings. The van der Waals surface area contributed by atoms with Crippen LogP contribution in [0.5, 0.6) is 0 Å². The van der Waals surface area contributed by atoms with Crippen LogP contribution in [0.3, 0.4) is 0 Å². The minimum atomic E-state index is -0.723. The van der Waals surface area contributed by atoms with Gasteiger partial charge in [-0.25, -0.2) is 0 Å². The summed E-state index contributed by atoms with van der Waals surface area (Å²) in [5.74, 6) is 0. The van der Waals surface area contributed by atoms with Crippen LogP contribution in [0.2, 0.25) is 13.3 Å². The van der Waals surface area contributed by atoms with E-state index in [9.17, 15) is 0 Å². The second-order valence-electron chi connectivity index (χ2n) is 2.60. The second kappa shape index (κ2) is 6.91. The summed E-state index contributed by atoms with van der Waals surface area (Å²) in [4.78, 5) is 0. The van der Waals surface area contributed by atoms with Crippen molar-refractivity contribution in [1.82, 2.24) is 0 Å². The van der Waals surface area contributed by atoms with Crippen LogP contribution >= 0.6 is 0 Å². The molecule has 9 heavy (non-hydrogen) atoms. The third kappa shape index (κ3) is 5.25. The zero-order chi connectivity index (χ0) is 7.11. The van der Waals surface area contributed by atoms with E-state index in [-0.39, 0.29) is 0 Å². The summed E-state index contributed by atoms with van der Waals surface area (Å²) in [6.07, 6.45) is 2.89. The molecule has 0 aliphatic heterocycles. The molecule has 1 heteroatoms. The van der Waals surface area contributed by atoms with E-state index < -0.39 is 19.8 Å². The van der Waals surface area contributed by atoms with Gasteiger partial charge < -0.3 is 0 Å². The summed E-state index contributed by atoms with van der Waals surface area (Å²) in [6.45, 7) is 7.04. The van der Waals surface area contributed by atoms with Crippen LogP contribution in [0.1, 0.15) is 33.6 Å². The van der Waals surface area contributed by atoms with Crippen molar-refractivity contribution in [3.63, 3.8) is 0 Å². The molecule has 0 aromatic rings. The molecule has 0 saturated heterocycles. The molecule has 0 bridgehead atoms. The Morgan fingerprint density at radius 3 is 1.56 bits per heavy atom. The first-order valence-electron chi connectivity index (χ1n) is 4.18. The van der Waals surface area contributed by atoms with Gasteiger partial charge in [0.1, 0.15) is 0 Å². The van der Waals surface area contributed by atoms with Gasteiger partial charge in [-0.15, -0.1) is 0 Å². The van der Waals surface area contributed by atoms with Crippen LogP contribution in [-0.2, 0) is 0 Å². The second-order valence-corrected chi connectivity index (χ2v) is 11.8. The van der Waals surface area contributed by atoms with Crippen molar-refractivity contribution >= 4 is 19.8 Å². The SMILES string of the molecule is CC[CH2][Sn+]([CH2]C)[CH2]CC. The van der Waals surface area contributed by atoms with E-state index in [1.165, 1.54) is 12.8 Å². The van der Waals surface area contributed by atoms with Gasteiger partial charge in [0.15, 0.2) is 0 Å². The molecule has 0 unspecified atom stereocenters. The summed E-state index contributed by atoms with van der Waals surface area (Å²) in [5, 5.41) is 0. The molecule has 54 valence electrons. The third-order valence-electron chi connectivity index (χ3n) is 1.71. The Kier molecular flexibility index (Phi) is 7.53. The van der Waals surface area contributed by atoms with Gasteiger partial charge in [-0.1, -0.05) is 0 Å². The number of hydrogen-bond acceptors (Lipinski definition) is 0. The molecule has 0 radical (unpaired) electrons. The average Bonchev–Trinajstić information content (AvgIpc) is 1.88. The van der Waals surface area contributed by atoms with E-state index in [1.807, 2.05) is 0 Å². The van der Waals surface area contributed by atoms with Gasteiger partial charge in [0.25, 0.3) is 0 Å². The summed E-state index contributed by atoms with van der Waals surface area (Å²) < 4.78 is 4.84. The summed E-state index contributed by atoms with van der Waals surface area (Å²) >= 11 is -0.723. The molecule has 0 heterocycles. The van der Waals surface area contributed by atoms with Crippen LogP contribution in [0.25, 0.3) is 0 Å². The van der Waals surface area contributed by atoms with E-state index in [1.54, 1.807) is 13.3 Å². The third-order valence-corrected chi connectivity index (χ3v) is 11.5. The van der Waals surface area contributed by atoms with Crippen LogP contribution in [0, 0.1) is 0 Å². The molecule has 0 nitrogen and oxygen atoms in total. The monoisotopic (exact) mass is 235 g/mol. The van der Waals surface area contributed by atoms with Gasteiger partial charge in [-0.2, -0.15) is 0 Å². The molecular weight excluding hydrogens is 215 g/mol. The molecule has 0 rings (SSSR count). The fraction of sp³-hybridized carbons (Fsp3) is 1.00. The Morgan fingerprint density at radius 2 is 1.33 bits per heavy atom.